The highest BCUT2D eigenvalue weighted by Gasteiger charge is 2.27. The van der Waals surface area contributed by atoms with Gasteiger partial charge in [-0.2, -0.15) is 0 Å². The van der Waals surface area contributed by atoms with Crippen LogP contribution in [-0.4, -0.2) is 50.3 Å². The number of hydrogen-bond donors (Lipinski definition) is 2. The molecule has 1 aromatic carbocycles. The van der Waals surface area contributed by atoms with Gasteiger partial charge in [0.15, 0.2) is 5.76 Å². The summed E-state index contributed by atoms with van der Waals surface area (Å²) in [6, 6.07) is 5.98. The summed E-state index contributed by atoms with van der Waals surface area (Å²) in [5.74, 6) is -3.78. The molecule has 0 spiro atoms. The smallest absolute Gasteiger partial charge is 0.312 e. The summed E-state index contributed by atoms with van der Waals surface area (Å²) in [5, 5.41) is 11.7. The van der Waals surface area contributed by atoms with Crippen LogP contribution in [0, 0.1) is 12.7 Å². The molecule has 2 N–H and O–H groups in total. The third kappa shape index (κ3) is 4.52. The first kappa shape index (κ1) is 20.6. The summed E-state index contributed by atoms with van der Waals surface area (Å²) in [6.07, 6.45) is 0. The molecule has 0 radical (unpaired) electrons. The van der Waals surface area contributed by atoms with Gasteiger partial charge in [-0.1, -0.05) is 12.1 Å². The predicted molar refractivity (Wildman–Crippen MR) is 93.4 cm³/mol. The van der Waals surface area contributed by atoms with Crippen LogP contribution in [0.1, 0.15) is 27.8 Å². The molecule has 27 heavy (non-hydrogen) atoms. The minimum atomic E-state index is -3.78. The summed E-state index contributed by atoms with van der Waals surface area (Å²) in [7, 11) is -1.08. The van der Waals surface area contributed by atoms with Gasteiger partial charge >= 0.3 is 5.97 Å². The Hall–Kier alpha value is -2.72. The minimum Gasteiger partial charge on any atom is -0.481 e. The van der Waals surface area contributed by atoms with Crippen molar-refractivity contribution in [3.05, 3.63) is 53.2 Å². The van der Waals surface area contributed by atoms with Crippen LogP contribution in [0.4, 0.5) is 4.39 Å². The lowest BCUT2D eigenvalue weighted by atomic mass is 9.99. The summed E-state index contributed by atoms with van der Waals surface area (Å²) < 4.78 is 43.6. The highest BCUT2D eigenvalue weighted by Crippen LogP contribution is 2.22. The highest BCUT2D eigenvalue weighted by atomic mass is 32.2. The molecule has 1 amide bonds. The molecule has 0 aliphatic rings. The van der Waals surface area contributed by atoms with Crippen molar-refractivity contribution >= 4 is 21.9 Å². The first-order chi connectivity index (χ1) is 12.5. The van der Waals surface area contributed by atoms with Crippen LogP contribution < -0.4 is 5.32 Å². The van der Waals surface area contributed by atoms with Crippen molar-refractivity contribution < 1.29 is 31.9 Å². The van der Waals surface area contributed by atoms with Crippen molar-refractivity contribution in [2.45, 2.75) is 17.7 Å². The molecule has 10 heteroatoms. The number of nitrogens with zero attached hydrogens (tertiary/aromatic N) is 1. The fourth-order valence-electron chi connectivity index (χ4n) is 2.35. The number of carbonyl (C=O) groups excluding carboxylic acids is 1. The van der Waals surface area contributed by atoms with Crippen LogP contribution in [0.3, 0.4) is 0 Å². The van der Waals surface area contributed by atoms with Gasteiger partial charge in [0.2, 0.25) is 10.0 Å². The third-order valence-electron chi connectivity index (χ3n) is 3.89. The van der Waals surface area contributed by atoms with Gasteiger partial charge < -0.3 is 14.8 Å². The number of carbonyl (C=O) groups is 2. The number of aryl methyl sites for hydroxylation is 1. The SMILES string of the molecule is Cc1oc(C(=O)NCC(C(=O)O)c2ccc(F)cc2)cc1S(=O)(=O)N(C)C. The number of carboxylic acids is 1. The van der Waals surface area contributed by atoms with E-state index in [0.29, 0.717) is 5.56 Å². The largest absolute Gasteiger partial charge is 0.481 e. The van der Waals surface area contributed by atoms with Crippen LogP contribution in [0.5, 0.6) is 0 Å². The lowest BCUT2D eigenvalue weighted by Gasteiger charge is -2.13. The van der Waals surface area contributed by atoms with Crippen molar-refractivity contribution in [1.82, 2.24) is 9.62 Å². The van der Waals surface area contributed by atoms with Crippen molar-refractivity contribution in [3.8, 4) is 0 Å². The molecule has 0 aliphatic heterocycles. The van der Waals surface area contributed by atoms with E-state index in [1.54, 1.807) is 0 Å². The monoisotopic (exact) mass is 398 g/mol. The number of benzene rings is 1. The molecule has 0 fully saturated rings. The van der Waals surface area contributed by atoms with Gasteiger partial charge in [0.1, 0.15) is 16.5 Å². The maximum Gasteiger partial charge on any atom is 0.312 e. The molecule has 0 aliphatic carbocycles. The molecule has 1 atom stereocenters. The van der Waals surface area contributed by atoms with E-state index >= 15 is 0 Å². The van der Waals surface area contributed by atoms with E-state index in [1.807, 2.05) is 0 Å². The lowest BCUT2D eigenvalue weighted by molar-refractivity contribution is -0.138. The third-order valence-corrected chi connectivity index (χ3v) is 5.81. The normalized spacial score (nSPS) is 12.8. The second-order valence-corrected chi connectivity index (χ2v) is 8.09. The van der Waals surface area contributed by atoms with E-state index < -0.39 is 33.6 Å². The van der Waals surface area contributed by atoms with E-state index in [-0.39, 0.29) is 23.0 Å². The van der Waals surface area contributed by atoms with Crippen LogP contribution >= 0.6 is 0 Å². The van der Waals surface area contributed by atoms with E-state index in [0.717, 1.165) is 22.5 Å². The van der Waals surface area contributed by atoms with Gasteiger partial charge in [0, 0.05) is 26.7 Å². The Bertz CT molecular complexity index is 950. The summed E-state index contributed by atoms with van der Waals surface area (Å²) in [5.41, 5.74) is 0.315. The van der Waals surface area contributed by atoms with Crippen LogP contribution in [0.2, 0.25) is 0 Å². The summed E-state index contributed by atoms with van der Waals surface area (Å²) in [6.45, 7) is 1.13. The zero-order chi connectivity index (χ0) is 20.4. The molecule has 1 aromatic heterocycles. The Balaban J connectivity index is 2.17. The van der Waals surface area contributed by atoms with E-state index in [9.17, 15) is 27.5 Å². The van der Waals surface area contributed by atoms with Gasteiger partial charge in [-0.3, -0.25) is 9.59 Å². The summed E-state index contributed by atoms with van der Waals surface area (Å²) in [4.78, 5) is 23.6. The average Bonchev–Trinajstić information content (AvgIpc) is 2.98. The number of halogens is 1. The standard InChI is InChI=1S/C17H19FN2O6S/c1-10-15(27(24,25)20(2)3)8-14(26-10)16(21)19-9-13(17(22)23)11-4-6-12(18)7-5-11/h4-8,13H,9H2,1-3H3,(H,19,21)(H,22,23). The number of furan rings is 1. The maximum atomic E-state index is 13.0. The Labute approximate surface area is 155 Å². The highest BCUT2D eigenvalue weighted by molar-refractivity contribution is 7.89. The molecule has 8 nitrogen and oxygen atoms in total. The minimum absolute atomic E-state index is 0.0437. The van der Waals surface area contributed by atoms with Gasteiger partial charge in [-0.15, -0.1) is 0 Å². The fraction of sp³-hybridized carbons (Fsp3) is 0.294. The van der Waals surface area contributed by atoms with E-state index in [4.69, 9.17) is 4.42 Å². The molecule has 0 saturated heterocycles. The fourth-order valence-corrected chi connectivity index (χ4v) is 3.41. The van der Waals surface area contributed by atoms with Gasteiger partial charge in [-0.25, -0.2) is 17.1 Å². The molecule has 0 saturated carbocycles. The first-order valence-electron chi connectivity index (χ1n) is 7.83. The quantitative estimate of drug-likeness (QED) is 0.731. The Morgan fingerprint density at radius 2 is 1.85 bits per heavy atom. The Morgan fingerprint density at radius 1 is 1.26 bits per heavy atom. The number of sulfonamides is 1. The van der Waals surface area contributed by atoms with E-state index in [1.165, 1.54) is 33.2 Å². The first-order valence-corrected chi connectivity index (χ1v) is 9.27. The molecule has 2 aromatic rings. The zero-order valence-electron chi connectivity index (χ0n) is 14.9. The van der Waals surface area contributed by atoms with Crippen molar-refractivity contribution in [2.75, 3.05) is 20.6 Å². The molecule has 1 heterocycles. The summed E-state index contributed by atoms with van der Waals surface area (Å²) >= 11 is 0. The number of nitrogens with one attached hydrogen (secondary N) is 1. The lowest BCUT2D eigenvalue weighted by Crippen LogP contribution is -2.31. The van der Waals surface area contributed by atoms with Crippen LogP contribution in [0.15, 0.2) is 39.6 Å². The van der Waals surface area contributed by atoms with Crippen LogP contribution in [-0.2, 0) is 14.8 Å². The average molecular weight is 398 g/mol. The topological polar surface area (TPSA) is 117 Å². The molecule has 0 bridgehead atoms. The van der Waals surface area contributed by atoms with Gasteiger partial charge in [0.05, 0.1) is 5.92 Å². The number of carboxylic acid groups (broad SMARTS) is 1. The van der Waals surface area contributed by atoms with Crippen molar-refractivity contribution in [1.29, 1.82) is 0 Å². The number of aliphatic carboxylic acids is 1. The second kappa shape index (κ2) is 7.89. The molecule has 1 unspecified atom stereocenters. The molecule has 2 rings (SSSR count). The van der Waals surface area contributed by atoms with Gasteiger partial charge in [-0.05, 0) is 24.6 Å². The van der Waals surface area contributed by atoms with Crippen LogP contribution in [0.25, 0.3) is 0 Å². The zero-order valence-corrected chi connectivity index (χ0v) is 15.7. The maximum absolute atomic E-state index is 13.0. The predicted octanol–water partition coefficient (Wildman–Crippen LogP) is 1.58. The number of rotatable bonds is 7. The molecule has 146 valence electrons. The Morgan fingerprint density at radius 3 is 2.37 bits per heavy atom. The molecular formula is C17H19FN2O6S. The Kier molecular flexibility index (Phi) is 6.01. The van der Waals surface area contributed by atoms with Crippen molar-refractivity contribution in [3.63, 3.8) is 0 Å². The number of amides is 1. The van der Waals surface area contributed by atoms with Crippen molar-refractivity contribution in [2.24, 2.45) is 0 Å². The second-order valence-electron chi connectivity index (χ2n) is 5.97. The molecular weight excluding hydrogens is 379 g/mol. The van der Waals surface area contributed by atoms with E-state index in [2.05, 4.69) is 5.32 Å². The number of hydrogen-bond acceptors (Lipinski definition) is 5. The van der Waals surface area contributed by atoms with Gasteiger partial charge in [0.25, 0.3) is 5.91 Å².